The molecule has 0 spiro atoms. The van der Waals surface area contributed by atoms with Crippen molar-refractivity contribution in [1.29, 1.82) is 0 Å². The number of hydrogen-bond donors (Lipinski definition) is 2. The van der Waals surface area contributed by atoms with E-state index >= 15 is 0 Å². The number of unbranched alkanes of at least 4 members (excludes halogenated alkanes) is 4. The van der Waals surface area contributed by atoms with Crippen LogP contribution < -0.4 is 20.1 Å². The van der Waals surface area contributed by atoms with E-state index in [2.05, 4.69) is 29.7 Å². The highest BCUT2D eigenvalue weighted by Gasteiger charge is 1.98. The molecule has 4 heteroatoms. The summed E-state index contributed by atoms with van der Waals surface area (Å²) in [4.78, 5) is 0. The molecule has 0 aromatic heterocycles. The molecule has 0 atom stereocenters. The van der Waals surface area contributed by atoms with Crippen molar-refractivity contribution in [2.75, 3.05) is 37.4 Å². The lowest BCUT2D eigenvalue weighted by Crippen LogP contribution is -2.13. The van der Waals surface area contributed by atoms with Gasteiger partial charge in [-0.2, -0.15) is 0 Å². The molecule has 0 aliphatic heterocycles. The molecule has 0 saturated heterocycles. The van der Waals surface area contributed by atoms with Crippen LogP contribution >= 0.6 is 0 Å². The highest BCUT2D eigenvalue weighted by atomic mass is 16.5. The zero-order chi connectivity index (χ0) is 18.5. The lowest BCUT2D eigenvalue weighted by atomic mass is 10.2. The molecule has 0 aliphatic carbocycles. The molecule has 2 N–H and O–H groups in total. The van der Waals surface area contributed by atoms with E-state index in [1.54, 1.807) is 7.11 Å². The van der Waals surface area contributed by atoms with Crippen LogP contribution in [0.25, 0.3) is 0 Å². The molecule has 0 aliphatic rings. The Morgan fingerprint density at radius 1 is 0.769 bits per heavy atom. The summed E-state index contributed by atoms with van der Waals surface area (Å²) >= 11 is 0. The Morgan fingerprint density at radius 3 is 2.23 bits per heavy atom. The summed E-state index contributed by atoms with van der Waals surface area (Å²) in [7, 11) is 1.68. The van der Waals surface area contributed by atoms with Crippen LogP contribution in [0, 0.1) is 0 Å². The van der Waals surface area contributed by atoms with Crippen LogP contribution in [0.3, 0.4) is 0 Å². The molecule has 0 heterocycles. The molecular weight excluding hydrogens is 324 g/mol. The van der Waals surface area contributed by atoms with Crippen LogP contribution in [0.1, 0.15) is 39.0 Å². The maximum absolute atomic E-state index is 5.86. The Morgan fingerprint density at radius 2 is 1.50 bits per heavy atom. The van der Waals surface area contributed by atoms with Gasteiger partial charge in [-0.1, -0.05) is 38.7 Å². The molecule has 0 saturated carbocycles. The Labute approximate surface area is 157 Å². The fourth-order valence-electron chi connectivity index (χ4n) is 2.71. The number of methoxy groups -OCH3 is 1. The predicted molar refractivity (Wildman–Crippen MR) is 111 cm³/mol. The number of benzene rings is 2. The van der Waals surface area contributed by atoms with Gasteiger partial charge in [0.1, 0.15) is 11.5 Å². The summed E-state index contributed by atoms with van der Waals surface area (Å²) in [5.74, 6) is 1.81. The molecule has 0 unspecified atom stereocenters. The molecule has 0 amide bonds. The summed E-state index contributed by atoms with van der Waals surface area (Å²) in [5, 5.41) is 6.82. The van der Waals surface area contributed by atoms with E-state index in [4.69, 9.17) is 9.47 Å². The standard InChI is InChI=1S/C22H32N2O2/c1-3-4-5-6-7-17-26-22-10-8-9-20(18-22)24-16-15-23-19-11-13-21(25-2)14-12-19/h8-14,18,23-24H,3-7,15-17H2,1-2H3. The fraction of sp³-hybridized carbons (Fsp3) is 0.455. The van der Waals surface area contributed by atoms with Gasteiger partial charge in [0.05, 0.1) is 13.7 Å². The van der Waals surface area contributed by atoms with Gasteiger partial charge in [-0.05, 0) is 42.8 Å². The molecule has 2 aromatic carbocycles. The zero-order valence-corrected chi connectivity index (χ0v) is 16.1. The van der Waals surface area contributed by atoms with E-state index in [1.807, 2.05) is 36.4 Å². The van der Waals surface area contributed by atoms with Crippen LogP contribution in [-0.4, -0.2) is 26.8 Å². The Kier molecular flexibility index (Phi) is 9.26. The van der Waals surface area contributed by atoms with E-state index in [0.29, 0.717) is 0 Å². The molecule has 2 aromatic rings. The number of anilines is 2. The van der Waals surface area contributed by atoms with Crippen molar-refractivity contribution in [3.05, 3.63) is 48.5 Å². The summed E-state index contributed by atoms with van der Waals surface area (Å²) < 4.78 is 11.0. The number of nitrogens with one attached hydrogen (secondary N) is 2. The summed E-state index contributed by atoms with van der Waals surface area (Å²) in [6.07, 6.45) is 6.29. The number of ether oxygens (including phenoxy) is 2. The third kappa shape index (κ3) is 7.68. The van der Waals surface area contributed by atoms with Crippen molar-refractivity contribution in [2.24, 2.45) is 0 Å². The van der Waals surface area contributed by atoms with Gasteiger partial charge in [0, 0.05) is 30.5 Å². The van der Waals surface area contributed by atoms with Crippen molar-refractivity contribution in [3.63, 3.8) is 0 Å². The van der Waals surface area contributed by atoms with E-state index in [1.165, 1.54) is 25.7 Å². The van der Waals surface area contributed by atoms with Gasteiger partial charge in [-0.25, -0.2) is 0 Å². The first kappa shape index (κ1) is 20.0. The van der Waals surface area contributed by atoms with Crippen molar-refractivity contribution < 1.29 is 9.47 Å². The Hall–Kier alpha value is -2.36. The van der Waals surface area contributed by atoms with Gasteiger partial charge in [0.25, 0.3) is 0 Å². The second-order valence-corrected chi connectivity index (χ2v) is 6.37. The van der Waals surface area contributed by atoms with Gasteiger partial charge in [0.15, 0.2) is 0 Å². The van der Waals surface area contributed by atoms with Crippen molar-refractivity contribution in [1.82, 2.24) is 0 Å². The second-order valence-electron chi connectivity index (χ2n) is 6.37. The number of hydrogen-bond acceptors (Lipinski definition) is 4. The molecule has 2 rings (SSSR count). The minimum Gasteiger partial charge on any atom is -0.497 e. The Bertz CT molecular complexity index is 614. The van der Waals surface area contributed by atoms with Gasteiger partial charge in [-0.3, -0.25) is 0 Å². The fourth-order valence-corrected chi connectivity index (χ4v) is 2.71. The number of rotatable bonds is 13. The Balaban J connectivity index is 1.64. The van der Waals surface area contributed by atoms with E-state index in [9.17, 15) is 0 Å². The topological polar surface area (TPSA) is 42.5 Å². The highest BCUT2D eigenvalue weighted by Crippen LogP contribution is 2.18. The second kappa shape index (κ2) is 12.1. The first-order valence-corrected chi connectivity index (χ1v) is 9.66. The van der Waals surface area contributed by atoms with E-state index < -0.39 is 0 Å². The third-order valence-electron chi connectivity index (χ3n) is 4.22. The SMILES string of the molecule is CCCCCCCOc1cccc(NCCNc2ccc(OC)cc2)c1. The maximum atomic E-state index is 5.86. The largest absolute Gasteiger partial charge is 0.497 e. The molecule has 4 nitrogen and oxygen atoms in total. The average Bonchev–Trinajstić information content (AvgIpc) is 2.69. The molecule has 0 radical (unpaired) electrons. The summed E-state index contributed by atoms with van der Waals surface area (Å²) in [5.41, 5.74) is 2.18. The minimum absolute atomic E-state index is 0.798. The average molecular weight is 357 g/mol. The summed E-state index contributed by atoms with van der Waals surface area (Å²) in [6.45, 7) is 4.72. The van der Waals surface area contributed by atoms with Crippen LogP contribution in [-0.2, 0) is 0 Å². The monoisotopic (exact) mass is 356 g/mol. The van der Waals surface area contributed by atoms with Gasteiger partial charge in [0.2, 0.25) is 0 Å². The molecular formula is C22H32N2O2. The highest BCUT2D eigenvalue weighted by molar-refractivity contribution is 5.49. The smallest absolute Gasteiger partial charge is 0.121 e. The predicted octanol–water partition coefficient (Wildman–Crippen LogP) is 5.57. The van der Waals surface area contributed by atoms with E-state index in [0.717, 1.165) is 49.0 Å². The van der Waals surface area contributed by atoms with Crippen molar-refractivity contribution >= 4 is 11.4 Å². The lowest BCUT2D eigenvalue weighted by molar-refractivity contribution is 0.304. The minimum atomic E-state index is 0.798. The van der Waals surface area contributed by atoms with Gasteiger partial charge >= 0.3 is 0 Å². The molecule has 26 heavy (non-hydrogen) atoms. The van der Waals surface area contributed by atoms with Crippen molar-refractivity contribution in [2.45, 2.75) is 39.0 Å². The van der Waals surface area contributed by atoms with Gasteiger partial charge in [-0.15, -0.1) is 0 Å². The molecule has 0 fully saturated rings. The van der Waals surface area contributed by atoms with Crippen LogP contribution in [0.2, 0.25) is 0 Å². The first-order valence-electron chi connectivity index (χ1n) is 9.66. The molecule has 0 bridgehead atoms. The maximum Gasteiger partial charge on any atom is 0.121 e. The van der Waals surface area contributed by atoms with Crippen molar-refractivity contribution in [3.8, 4) is 11.5 Å². The third-order valence-corrected chi connectivity index (χ3v) is 4.22. The molecule has 142 valence electrons. The van der Waals surface area contributed by atoms with Crippen LogP contribution in [0.15, 0.2) is 48.5 Å². The zero-order valence-electron chi connectivity index (χ0n) is 16.1. The summed E-state index contributed by atoms with van der Waals surface area (Å²) in [6, 6.07) is 16.2. The first-order chi connectivity index (χ1) is 12.8. The normalized spacial score (nSPS) is 10.4. The van der Waals surface area contributed by atoms with E-state index in [-0.39, 0.29) is 0 Å². The van der Waals surface area contributed by atoms with Crippen LogP contribution in [0.4, 0.5) is 11.4 Å². The lowest BCUT2D eigenvalue weighted by Gasteiger charge is -2.11. The van der Waals surface area contributed by atoms with Crippen LogP contribution in [0.5, 0.6) is 11.5 Å². The quantitative estimate of drug-likeness (QED) is 0.461. The van der Waals surface area contributed by atoms with Gasteiger partial charge < -0.3 is 20.1 Å².